The van der Waals surface area contributed by atoms with Crippen LogP contribution in [0.5, 0.6) is 0 Å². The van der Waals surface area contributed by atoms with Gasteiger partial charge in [0, 0.05) is 31.3 Å². The van der Waals surface area contributed by atoms with Crippen molar-refractivity contribution in [2.24, 2.45) is 0 Å². The van der Waals surface area contributed by atoms with Gasteiger partial charge in [-0.3, -0.25) is 0 Å². The van der Waals surface area contributed by atoms with Crippen LogP contribution in [0.25, 0.3) is 0 Å². The van der Waals surface area contributed by atoms with Crippen LogP contribution in [0.4, 0.5) is 8.78 Å². The average molecular weight is 279 g/mol. The van der Waals surface area contributed by atoms with E-state index in [2.05, 4.69) is 20.8 Å². The van der Waals surface area contributed by atoms with E-state index in [-0.39, 0.29) is 25.2 Å². The van der Waals surface area contributed by atoms with Gasteiger partial charge in [-0.2, -0.15) is 0 Å². The minimum Gasteiger partial charge on any atom is -0.303 e. The zero-order valence-corrected chi connectivity index (χ0v) is 9.84. The zero-order chi connectivity index (χ0) is 9.03. The standard InChI is InChI=1S/C8H14BrF2N.ClH/c9-4-1-5-12-6-2-8(10,11)3-7-12;/h1-7H2;1H. The third-order valence-corrected chi connectivity index (χ3v) is 2.76. The summed E-state index contributed by atoms with van der Waals surface area (Å²) in [6, 6.07) is 0. The molecule has 13 heavy (non-hydrogen) atoms. The largest absolute Gasteiger partial charge is 0.303 e. The molecule has 0 radical (unpaired) electrons. The first-order chi connectivity index (χ1) is 5.64. The average Bonchev–Trinajstić information content (AvgIpc) is 2.03. The molecule has 1 heterocycles. The fourth-order valence-electron chi connectivity index (χ4n) is 1.39. The number of halogens is 4. The van der Waals surface area contributed by atoms with E-state index in [0.29, 0.717) is 13.1 Å². The van der Waals surface area contributed by atoms with Crippen LogP contribution in [0, 0.1) is 0 Å². The molecule has 0 atom stereocenters. The Labute approximate surface area is 92.4 Å². The SMILES string of the molecule is Cl.FC1(F)CCN(CCCBr)CC1. The van der Waals surface area contributed by atoms with Gasteiger partial charge >= 0.3 is 0 Å². The Balaban J connectivity index is 0.00000144. The van der Waals surface area contributed by atoms with Gasteiger partial charge in [-0.1, -0.05) is 15.9 Å². The van der Waals surface area contributed by atoms with E-state index < -0.39 is 5.92 Å². The molecule has 0 N–H and O–H groups in total. The fraction of sp³-hybridized carbons (Fsp3) is 1.00. The molecule has 0 aromatic heterocycles. The molecule has 0 saturated carbocycles. The van der Waals surface area contributed by atoms with Crippen LogP contribution in [-0.4, -0.2) is 35.8 Å². The number of hydrogen-bond acceptors (Lipinski definition) is 1. The van der Waals surface area contributed by atoms with Gasteiger partial charge < -0.3 is 4.90 Å². The van der Waals surface area contributed by atoms with Gasteiger partial charge in [0.2, 0.25) is 0 Å². The molecule has 1 nitrogen and oxygen atoms in total. The van der Waals surface area contributed by atoms with Gasteiger partial charge in [0.05, 0.1) is 0 Å². The molecule has 80 valence electrons. The second-order valence-electron chi connectivity index (χ2n) is 3.24. The second-order valence-corrected chi connectivity index (χ2v) is 4.03. The van der Waals surface area contributed by atoms with Gasteiger partial charge in [-0.05, 0) is 13.0 Å². The van der Waals surface area contributed by atoms with Gasteiger partial charge in [-0.15, -0.1) is 12.4 Å². The predicted molar refractivity (Wildman–Crippen MR) is 56.3 cm³/mol. The van der Waals surface area contributed by atoms with Gasteiger partial charge in [0.15, 0.2) is 0 Å². The highest BCUT2D eigenvalue weighted by Gasteiger charge is 2.33. The maximum absolute atomic E-state index is 12.7. The first-order valence-corrected chi connectivity index (χ1v) is 5.42. The molecule has 5 heteroatoms. The van der Waals surface area contributed by atoms with E-state index in [1.54, 1.807) is 0 Å². The Bertz CT molecular complexity index is 136. The Morgan fingerprint density at radius 2 is 1.77 bits per heavy atom. The lowest BCUT2D eigenvalue weighted by molar-refractivity contribution is -0.0549. The van der Waals surface area contributed by atoms with Crippen molar-refractivity contribution in [1.29, 1.82) is 0 Å². The molecule has 1 fully saturated rings. The van der Waals surface area contributed by atoms with Crippen molar-refractivity contribution >= 4 is 28.3 Å². The summed E-state index contributed by atoms with van der Waals surface area (Å²) in [5.74, 6) is -2.40. The predicted octanol–water partition coefficient (Wildman–Crippen LogP) is 2.92. The van der Waals surface area contributed by atoms with Crippen LogP contribution >= 0.6 is 28.3 Å². The van der Waals surface area contributed by atoms with Crippen LogP contribution in [0.2, 0.25) is 0 Å². The van der Waals surface area contributed by atoms with Crippen molar-refractivity contribution in [2.75, 3.05) is 25.0 Å². The molecule has 1 aliphatic heterocycles. The lowest BCUT2D eigenvalue weighted by Gasteiger charge is -2.31. The van der Waals surface area contributed by atoms with E-state index in [1.807, 2.05) is 0 Å². The van der Waals surface area contributed by atoms with E-state index in [4.69, 9.17) is 0 Å². The number of alkyl halides is 3. The second kappa shape index (κ2) is 6.14. The lowest BCUT2D eigenvalue weighted by atomic mass is 10.1. The minimum atomic E-state index is -2.40. The van der Waals surface area contributed by atoms with Crippen LogP contribution in [0.1, 0.15) is 19.3 Å². The third kappa shape index (κ3) is 5.13. The molecule has 0 bridgehead atoms. The molecule has 0 aromatic carbocycles. The molecule has 1 rings (SSSR count). The van der Waals surface area contributed by atoms with Crippen molar-refractivity contribution in [3.8, 4) is 0 Å². The van der Waals surface area contributed by atoms with Crippen LogP contribution in [0.15, 0.2) is 0 Å². The molecule has 0 spiro atoms. The highest BCUT2D eigenvalue weighted by atomic mass is 79.9. The first-order valence-electron chi connectivity index (χ1n) is 4.30. The summed E-state index contributed by atoms with van der Waals surface area (Å²) in [6.07, 6.45) is 1.12. The molecule has 1 aliphatic rings. The summed E-state index contributed by atoms with van der Waals surface area (Å²) < 4.78 is 25.3. The van der Waals surface area contributed by atoms with Crippen molar-refractivity contribution in [3.63, 3.8) is 0 Å². The molecule has 0 unspecified atom stereocenters. The van der Waals surface area contributed by atoms with Gasteiger partial charge in [0.25, 0.3) is 5.92 Å². The van der Waals surface area contributed by atoms with Gasteiger partial charge in [-0.25, -0.2) is 8.78 Å². The van der Waals surface area contributed by atoms with Crippen molar-refractivity contribution in [2.45, 2.75) is 25.2 Å². The fourth-order valence-corrected chi connectivity index (χ4v) is 1.64. The summed E-state index contributed by atoms with van der Waals surface area (Å²) in [7, 11) is 0. The molecule has 0 aliphatic carbocycles. The molecule has 1 saturated heterocycles. The normalized spacial score (nSPS) is 22.4. The van der Waals surface area contributed by atoms with E-state index in [0.717, 1.165) is 18.3 Å². The summed E-state index contributed by atoms with van der Waals surface area (Å²) >= 11 is 3.32. The summed E-state index contributed by atoms with van der Waals surface area (Å²) in [4.78, 5) is 2.11. The number of nitrogens with zero attached hydrogens (tertiary/aromatic N) is 1. The number of hydrogen-bond donors (Lipinski definition) is 0. The Hall–Kier alpha value is 0.590. The highest BCUT2D eigenvalue weighted by Crippen LogP contribution is 2.27. The zero-order valence-electron chi connectivity index (χ0n) is 7.44. The monoisotopic (exact) mass is 277 g/mol. The number of piperidine rings is 1. The Morgan fingerprint density at radius 3 is 2.23 bits per heavy atom. The van der Waals surface area contributed by atoms with Crippen LogP contribution in [-0.2, 0) is 0 Å². The molecular formula is C8H15BrClF2N. The molecule has 0 aromatic rings. The van der Waals surface area contributed by atoms with Crippen molar-refractivity contribution < 1.29 is 8.78 Å². The van der Waals surface area contributed by atoms with Crippen molar-refractivity contribution in [3.05, 3.63) is 0 Å². The number of rotatable bonds is 3. The Kier molecular flexibility index (Phi) is 6.42. The van der Waals surface area contributed by atoms with E-state index in [9.17, 15) is 8.78 Å². The van der Waals surface area contributed by atoms with Crippen molar-refractivity contribution in [1.82, 2.24) is 4.90 Å². The smallest absolute Gasteiger partial charge is 0.250 e. The summed E-state index contributed by atoms with van der Waals surface area (Å²) in [5.41, 5.74) is 0. The first kappa shape index (κ1) is 13.6. The maximum atomic E-state index is 12.7. The van der Waals surface area contributed by atoms with E-state index >= 15 is 0 Å². The van der Waals surface area contributed by atoms with Crippen LogP contribution in [0.3, 0.4) is 0 Å². The Morgan fingerprint density at radius 1 is 1.23 bits per heavy atom. The quantitative estimate of drug-likeness (QED) is 0.718. The van der Waals surface area contributed by atoms with E-state index in [1.165, 1.54) is 0 Å². The summed E-state index contributed by atoms with van der Waals surface area (Å²) in [6.45, 7) is 2.06. The minimum absolute atomic E-state index is 0. The third-order valence-electron chi connectivity index (χ3n) is 2.20. The van der Waals surface area contributed by atoms with Crippen LogP contribution < -0.4 is 0 Å². The lowest BCUT2D eigenvalue weighted by Crippen LogP contribution is -2.39. The molecular weight excluding hydrogens is 263 g/mol. The van der Waals surface area contributed by atoms with Gasteiger partial charge in [0.1, 0.15) is 0 Å². The highest BCUT2D eigenvalue weighted by molar-refractivity contribution is 9.09. The summed E-state index contributed by atoms with van der Waals surface area (Å²) in [5, 5.41) is 0.958. The maximum Gasteiger partial charge on any atom is 0.250 e. The molecule has 0 amide bonds. The number of likely N-dealkylation sites (tertiary alicyclic amines) is 1. The topological polar surface area (TPSA) is 3.24 Å².